The molecule has 0 spiro atoms. The fourth-order valence-corrected chi connectivity index (χ4v) is 2.80. The van der Waals surface area contributed by atoms with Crippen LogP contribution in [0.3, 0.4) is 0 Å². The monoisotopic (exact) mass is 380 g/mol. The molecule has 1 aromatic heterocycles. The van der Waals surface area contributed by atoms with E-state index in [1.807, 2.05) is 6.92 Å². The molecule has 142 valence electrons. The summed E-state index contributed by atoms with van der Waals surface area (Å²) in [4.78, 5) is 16.3. The topological polar surface area (TPSA) is 89.3 Å². The second kappa shape index (κ2) is 10.1. The number of nitrogens with zero attached hydrogens (tertiary/aromatic N) is 2. The van der Waals surface area contributed by atoms with Gasteiger partial charge >= 0.3 is 0 Å². The van der Waals surface area contributed by atoms with Crippen molar-refractivity contribution in [2.24, 2.45) is 5.92 Å². The molecule has 8 heteroatoms. The maximum Gasteiger partial charge on any atom is 0.251 e. The molecule has 1 saturated heterocycles. The fraction of sp³-hybridized carbons (Fsp3) is 0.500. The Bertz CT molecular complexity index is 684. The molecule has 1 amide bonds. The van der Waals surface area contributed by atoms with E-state index in [-0.39, 0.29) is 24.9 Å². The van der Waals surface area contributed by atoms with Gasteiger partial charge in [0.05, 0.1) is 0 Å². The SMILES string of the molecule is CCc1nc(COc2ccc(C(=O)NCCC3CCNC3)cc2)no1.Cl. The van der Waals surface area contributed by atoms with Crippen molar-refractivity contribution in [3.8, 4) is 5.75 Å². The highest BCUT2D eigenvalue weighted by atomic mass is 35.5. The van der Waals surface area contributed by atoms with E-state index in [1.54, 1.807) is 24.3 Å². The number of benzene rings is 1. The first-order valence-corrected chi connectivity index (χ1v) is 8.78. The van der Waals surface area contributed by atoms with Crippen LogP contribution in [0.5, 0.6) is 5.75 Å². The Morgan fingerprint density at radius 1 is 1.38 bits per heavy atom. The van der Waals surface area contributed by atoms with Crippen LogP contribution in [0.4, 0.5) is 0 Å². The van der Waals surface area contributed by atoms with Gasteiger partial charge in [-0.15, -0.1) is 12.4 Å². The number of amides is 1. The first-order chi connectivity index (χ1) is 12.2. The zero-order chi connectivity index (χ0) is 17.5. The van der Waals surface area contributed by atoms with Crippen LogP contribution < -0.4 is 15.4 Å². The minimum atomic E-state index is -0.0525. The van der Waals surface area contributed by atoms with Gasteiger partial charge in [0.1, 0.15) is 5.75 Å². The van der Waals surface area contributed by atoms with Crippen LogP contribution in [0, 0.1) is 5.92 Å². The highest BCUT2D eigenvalue weighted by Gasteiger charge is 2.14. The molecule has 2 N–H and O–H groups in total. The van der Waals surface area contributed by atoms with Gasteiger partial charge in [0, 0.05) is 18.5 Å². The van der Waals surface area contributed by atoms with Crippen LogP contribution in [0.25, 0.3) is 0 Å². The molecule has 3 rings (SSSR count). The third-order valence-electron chi connectivity index (χ3n) is 4.30. The molecule has 2 heterocycles. The van der Waals surface area contributed by atoms with Gasteiger partial charge in [0.25, 0.3) is 5.91 Å². The first-order valence-electron chi connectivity index (χ1n) is 8.78. The van der Waals surface area contributed by atoms with E-state index in [9.17, 15) is 4.79 Å². The van der Waals surface area contributed by atoms with Gasteiger partial charge in [-0.25, -0.2) is 0 Å². The number of rotatable bonds is 8. The number of aryl methyl sites for hydroxylation is 1. The quantitative estimate of drug-likeness (QED) is 0.730. The molecule has 0 saturated carbocycles. The summed E-state index contributed by atoms with van der Waals surface area (Å²) in [6, 6.07) is 7.07. The number of carbonyl (C=O) groups excluding carboxylic acids is 1. The number of nitrogens with one attached hydrogen (secondary N) is 2. The van der Waals surface area contributed by atoms with Crippen molar-refractivity contribution in [3.05, 3.63) is 41.5 Å². The van der Waals surface area contributed by atoms with Gasteiger partial charge in [-0.2, -0.15) is 4.98 Å². The number of hydrogen-bond acceptors (Lipinski definition) is 6. The summed E-state index contributed by atoms with van der Waals surface area (Å²) in [6.07, 6.45) is 2.92. The van der Waals surface area contributed by atoms with Crippen molar-refractivity contribution in [1.82, 2.24) is 20.8 Å². The standard InChI is InChI=1S/C18H24N4O3.ClH/c1-2-17-21-16(22-25-17)12-24-15-5-3-14(4-6-15)18(23)20-10-8-13-7-9-19-11-13;/h3-6,13,19H,2,7-12H2,1H3,(H,20,23);1H. The highest BCUT2D eigenvalue weighted by molar-refractivity contribution is 5.94. The zero-order valence-electron chi connectivity index (χ0n) is 14.9. The van der Waals surface area contributed by atoms with Crippen LogP contribution in [0.1, 0.15) is 41.8 Å². The molecule has 1 unspecified atom stereocenters. The van der Waals surface area contributed by atoms with Crippen molar-refractivity contribution in [1.29, 1.82) is 0 Å². The van der Waals surface area contributed by atoms with Crippen LogP contribution in [-0.4, -0.2) is 35.7 Å². The van der Waals surface area contributed by atoms with E-state index in [0.717, 1.165) is 19.5 Å². The Hall–Kier alpha value is -2.12. The third kappa shape index (κ3) is 5.71. The summed E-state index contributed by atoms with van der Waals surface area (Å²) in [5.41, 5.74) is 0.629. The zero-order valence-corrected chi connectivity index (χ0v) is 15.7. The van der Waals surface area contributed by atoms with Crippen LogP contribution in [0.2, 0.25) is 0 Å². The van der Waals surface area contributed by atoms with Crippen molar-refractivity contribution in [3.63, 3.8) is 0 Å². The first kappa shape index (κ1) is 20.2. The van der Waals surface area contributed by atoms with Gasteiger partial charge in [0.15, 0.2) is 6.61 Å². The lowest BCUT2D eigenvalue weighted by molar-refractivity contribution is 0.0951. The molecule has 0 bridgehead atoms. The smallest absolute Gasteiger partial charge is 0.251 e. The Balaban J connectivity index is 0.00000243. The summed E-state index contributed by atoms with van der Waals surface area (Å²) in [5, 5.41) is 10.1. The van der Waals surface area contributed by atoms with E-state index < -0.39 is 0 Å². The van der Waals surface area contributed by atoms with Gasteiger partial charge in [-0.3, -0.25) is 4.79 Å². The van der Waals surface area contributed by atoms with Gasteiger partial charge in [-0.1, -0.05) is 12.1 Å². The molecule has 0 aliphatic carbocycles. The highest BCUT2D eigenvalue weighted by Crippen LogP contribution is 2.14. The molecule has 1 aromatic carbocycles. The van der Waals surface area contributed by atoms with Crippen molar-refractivity contribution < 1.29 is 14.1 Å². The maximum absolute atomic E-state index is 12.1. The van der Waals surface area contributed by atoms with Gasteiger partial charge in [-0.05, 0) is 56.1 Å². The molecule has 1 fully saturated rings. The predicted octanol–water partition coefficient (Wildman–Crippen LogP) is 2.36. The maximum atomic E-state index is 12.1. The fourth-order valence-electron chi connectivity index (χ4n) is 2.80. The van der Waals surface area contributed by atoms with Crippen LogP contribution in [-0.2, 0) is 13.0 Å². The summed E-state index contributed by atoms with van der Waals surface area (Å²) in [7, 11) is 0. The lowest BCUT2D eigenvalue weighted by Gasteiger charge is -2.10. The van der Waals surface area contributed by atoms with Crippen LogP contribution >= 0.6 is 12.4 Å². The van der Waals surface area contributed by atoms with E-state index in [0.29, 0.717) is 41.9 Å². The van der Waals surface area contributed by atoms with Crippen molar-refractivity contribution >= 4 is 18.3 Å². The van der Waals surface area contributed by atoms with Gasteiger partial charge in [0.2, 0.25) is 11.7 Å². The lowest BCUT2D eigenvalue weighted by atomic mass is 10.1. The van der Waals surface area contributed by atoms with E-state index in [4.69, 9.17) is 9.26 Å². The minimum Gasteiger partial charge on any atom is -0.485 e. The number of halogens is 1. The van der Waals surface area contributed by atoms with E-state index in [2.05, 4.69) is 20.8 Å². The molecule has 1 aliphatic heterocycles. The Labute approximate surface area is 159 Å². The molecule has 1 atom stereocenters. The average Bonchev–Trinajstić information content (AvgIpc) is 3.32. The second-order valence-electron chi connectivity index (χ2n) is 6.17. The number of carbonyl (C=O) groups is 1. The molecule has 7 nitrogen and oxygen atoms in total. The largest absolute Gasteiger partial charge is 0.485 e. The predicted molar refractivity (Wildman–Crippen MR) is 99.6 cm³/mol. The molecule has 0 radical (unpaired) electrons. The lowest BCUT2D eigenvalue weighted by Crippen LogP contribution is -2.26. The number of ether oxygens (including phenoxy) is 1. The van der Waals surface area contributed by atoms with Crippen molar-refractivity contribution in [2.75, 3.05) is 19.6 Å². The molecular formula is C18H25ClN4O3. The van der Waals surface area contributed by atoms with Crippen LogP contribution in [0.15, 0.2) is 28.8 Å². The Kier molecular flexibility index (Phi) is 7.87. The average molecular weight is 381 g/mol. The second-order valence-corrected chi connectivity index (χ2v) is 6.17. The number of hydrogen-bond donors (Lipinski definition) is 2. The number of aromatic nitrogens is 2. The minimum absolute atomic E-state index is 0. The Morgan fingerprint density at radius 3 is 2.85 bits per heavy atom. The summed E-state index contributed by atoms with van der Waals surface area (Å²) < 4.78 is 10.6. The van der Waals surface area contributed by atoms with E-state index >= 15 is 0 Å². The molecule has 26 heavy (non-hydrogen) atoms. The van der Waals surface area contributed by atoms with Crippen molar-refractivity contribution in [2.45, 2.75) is 32.8 Å². The van der Waals surface area contributed by atoms with Gasteiger partial charge < -0.3 is 19.9 Å². The Morgan fingerprint density at radius 2 is 2.19 bits per heavy atom. The molecule has 2 aromatic rings. The third-order valence-corrected chi connectivity index (χ3v) is 4.30. The molecular weight excluding hydrogens is 356 g/mol. The summed E-state index contributed by atoms with van der Waals surface area (Å²) >= 11 is 0. The normalized spacial score (nSPS) is 16.1. The summed E-state index contributed by atoms with van der Waals surface area (Å²) in [5.74, 6) is 2.40. The summed E-state index contributed by atoms with van der Waals surface area (Å²) in [6.45, 7) is 5.05. The van der Waals surface area contributed by atoms with E-state index in [1.165, 1.54) is 6.42 Å². The molecule has 1 aliphatic rings.